The Bertz CT molecular complexity index is 1190. The molecule has 0 saturated carbocycles. The molecule has 27 heavy (non-hydrogen) atoms. The van der Waals surface area contributed by atoms with Crippen molar-refractivity contribution < 1.29 is 4.79 Å². The summed E-state index contributed by atoms with van der Waals surface area (Å²) in [6, 6.07) is 9.78. The minimum atomic E-state index is -0.221. The number of aromatic amines is 1. The van der Waals surface area contributed by atoms with Crippen LogP contribution in [-0.4, -0.2) is 30.5 Å². The zero-order valence-corrected chi connectivity index (χ0v) is 16.2. The van der Waals surface area contributed by atoms with E-state index in [0.29, 0.717) is 37.4 Å². The summed E-state index contributed by atoms with van der Waals surface area (Å²) in [7, 11) is 0. The van der Waals surface area contributed by atoms with Gasteiger partial charge in [0.25, 0.3) is 5.56 Å². The van der Waals surface area contributed by atoms with Gasteiger partial charge < -0.3 is 4.98 Å². The fourth-order valence-electron chi connectivity index (χ4n) is 2.81. The molecule has 0 aliphatic heterocycles. The summed E-state index contributed by atoms with van der Waals surface area (Å²) in [5.74, 6) is 0.918. The monoisotopic (exact) mass is 397 g/mol. The first-order chi connectivity index (χ1) is 13.0. The van der Waals surface area contributed by atoms with Gasteiger partial charge in [0.1, 0.15) is 17.0 Å². The number of H-pyrrole nitrogens is 1. The number of carbonyl (C=O) groups is 1. The lowest BCUT2D eigenvalue weighted by Gasteiger charge is -2.05. The molecular formula is C18H15N5O2S2. The van der Waals surface area contributed by atoms with Gasteiger partial charge >= 0.3 is 0 Å². The maximum absolute atomic E-state index is 12.5. The minimum Gasteiger partial charge on any atom is -0.309 e. The zero-order valence-electron chi connectivity index (χ0n) is 14.6. The Morgan fingerprint density at radius 3 is 2.81 bits per heavy atom. The van der Waals surface area contributed by atoms with Crippen LogP contribution < -0.4 is 5.56 Å². The molecule has 0 bridgehead atoms. The van der Waals surface area contributed by atoms with Gasteiger partial charge in [-0.2, -0.15) is 0 Å². The number of hydrogen-bond acceptors (Lipinski definition) is 7. The predicted octanol–water partition coefficient (Wildman–Crippen LogP) is 3.37. The fourth-order valence-corrected chi connectivity index (χ4v) is 4.71. The molecule has 4 rings (SSSR count). The van der Waals surface area contributed by atoms with Crippen molar-refractivity contribution >= 4 is 39.1 Å². The average Bonchev–Trinajstić information content (AvgIpc) is 3.25. The second-order valence-corrected chi connectivity index (χ2v) is 7.85. The number of rotatable bonds is 5. The highest BCUT2D eigenvalue weighted by Gasteiger charge is 2.17. The van der Waals surface area contributed by atoms with E-state index in [2.05, 4.69) is 20.2 Å². The van der Waals surface area contributed by atoms with Crippen molar-refractivity contribution in [3.63, 3.8) is 0 Å². The van der Waals surface area contributed by atoms with E-state index in [-0.39, 0.29) is 11.3 Å². The number of para-hydroxylation sites is 1. The Hall–Kier alpha value is -2.78. The van der Waals surface area contributed by atoms with E-state index in [0.717, 1.165) is 5.69 Å². The van der Waals surface area contributed by atoms with E-state index < -0.39 is 0 Å². The van der Waals surface area contributed by atoms with Gasteiger partial charge in [-0.25, -0.2) is 4.98 Å². The third-order valence-electron chi connectivity index (χ3n) is 4.06. The molecule has 0 unspecified atom stereocenters. The molecule has 7 nitrogen and oxygen atoms in total. The van der Waals surface area contributed by atoms with Gasteiger partial charge in [-0.3, -0.25) is 14.2 Å². The Morgan fingerprint density at radius 1 is 1.30 bits per heavy atom. The number of hydrogen-bond donors (Lipinski definition) is 1. The number of thioether (sulfide) groups is 1. The molecule has 0 amide bonds. The highest BCUT2D eigenvalue weighted by Crippen LogP contribution is 2.28. The fraction of sp³-hybridized carbons (Fsp3) is 0.167. The molecule has 3 aromatic heterocycles. The molecule has 0 fully saturated rings. The van der Waals surface area contributed by atoms with Gasteiger partial charge in [0.05, 0.1) is 16.0 Å². The smallest absolute Gasteiger partial charge is 0.259 e. The number of benzene rings is 1. The zero-order chi connectivity index (χ0) is 19.0. The van der Waals surface area contributed by atoms with Crippen LogP contribution in [0, 0.1) is 6.92 Å². The maximum atomic E-state index is 12.5. The van der Waals surface area contributed by atoms with E-state index in [9.17, 15) is 9.59 Å². The summed E-state index contributed by atoms with van der Waals surface area (Å²) in [6.07, 6.45) is 1.65. The SMILES string of the molecule is CC(=O)c1sc2nc(CSc3nncn3-c3ccccc3)[nH]c(=O)c2c1C. The van der Waals surface area contributed by atoms with Crippen molar-refractivity contribution in [2.75, 3.05) is 0 Å². The number of aromatic nitrogens is 5. The normalized spacial score (nSPS) is 11.2. The number of nitrogens with one attached hydrogen (secondary N) is 1. The minimum absolute atomic E-state index is 0.0539. The van der Waals surface area contributed by atoms with Crippen LogP contribution in [0.5, 0.6) is 0 Å². The van der Waals surface area contributed by atoms with Gasteiger partial charge in [0.15, 0.2) is 10.9 Å². The summed E-state index contributed by atoms with van der Waals surface area (Å²) < 4.78 is 1.88. The number of thiophene rings is 1. The number of Topliss-reactive ketones (excluding diaryl/α,β-unsaturated/α-hetero) is 1. The summed E-state index contributed by atoms with van der Waals surface area (Å²) in [4.78, 5) is 32.7. The van der Waals surface area contributed by atoms with Gasteiger partial charge in [0, 0.05) is 5.69 Å². The van der Waals surface area contributed by atoms with Crippen LogP contribution >= 0.6 is 23.1 Å². The Balaban J connectivity index is 1.63. The van der Waals surface area contributed by atoms with E-state index in [1.54, 1.807) is 13.3 Å². The summed E-state index contributed by atoms with van der Waals surface area (Å²) >= 11 is 2.69. The van der Waals surface area contributed by atoms with Gasteiger partial charge in [-0.1, -0.05) is 30.0 Å². The molecule has 0 spiro atoms. The lowest BCUT2D eigenvalue weighted by molar-refractivity contribution is 0.102. The Labute approximate surface area is 162 Å². The van der Waals surface area contributed by atoms with Crippen LogP contribution in [0.25, 0.3) is 15.9 Å². The number of fused-ring (bicyclic) bond motifs is 1. The van der Waals surface area contributed by atoms with Crippen molar-refractivity contribution in [1.82, 2.24) is 24.7 Å². The Morgan fingerprint density at radius 2 is 2.07 bits per heavy atom. The van der Waals surface area contributed by atoms with Crippen LogP contribution in [-0.2, 0) is 5.75 Å². The molecule has 3 heterocycles. The average molecular weight is 397 g/mol. The van der Waals surface area contributed by atoms with Crippen molar-refractivity contribution in [3.05, 3.63) is 63.3 Å². The van der Waals surface area contributed by atoms with E-state index in [1.165, 1.54) is 30.0 Å². The van der Waals surface area contributed by atoms with Crippen LogP contribution in [0.2, 0.25) is 0 Å². The molecule has 0 saturated heterocycles. The molecule has 1 aromatic carbocycles. The van der Waals surface area contributed by atoms with Crippen LogP contribution in [0.15, 0.2) is 46.6 Å². The molecule has 1 N–H and O–H groups in total. The van der Waals surface area contributed by atoms with E-state index >= 15 is 0 Å². The molecule has 0 radical (unpaired) electrons. The number of ketones is 1. The second kappa shape index (κ2) is 7.09. The van der Waals surface area contributed by atoms with E-state index in [1.807, 2.05) is 34.9 Å². The molecular weight excluding hydrogens is 382 g/mol. The largest absolute Gasteiger partial charge is 0.309 e. The van der Waals surface area contributed by atoms with Crippen molar-refractivity contribution in [1.29, 1.82) is 0 Å². The molecule has 0 aliphatic carbocycles. The molecule has 0 aliphatic rings. The highest BCUT2D eigenvalue weighted by atomic mass is 32.2. The van der Waals surface area contributed by atoms with Gasteiger partial charge in [0.2, 0.25) is 0 Å². The van der Waals surface area contributed by atoms with Crippen molar-refractivity contribution in [2.45, 2.75) is 24.8 Å². The summed E-state index contributed by atoms with van der Waals surface area (Å²) in [5.41, 5.74) is 1.43. The second-order valence-electron chi connectivity index (χ2n) is 5.91. The summed E-state index contributed by atoms with van der Waals surface area (Å²) in [6.45, 7) is 3.28. The number of aryl methyl sites for hydroxylation is 1. The third-order valence-corrected chi connectivity index (χ3v) is 6.30. The third kappa shape index (κ3) is 3.31. The molecule has 9 heteroatoms. The quantitative estimate of drug-likeness (QED) is 0.410. The first-order valence-corrected chi connectivity index (χ1v) is 9.96. The predicted molar refractivity (Wildman–Crippen MR) is 106 cm³/mol. The number of carbonyl (C=O) groups excluding carboxylic acids is 1. The first kappa shape index (κ1) is 17.6. The molecule has 4 aromatic rings. The van der Waals surface area contributed by atoms with Gasteiger partial charge in [-0.15, -0.1) is 21.5 Å². The van der Waals surface area contributed by atoms with Crippen LogP contribution in [0.3, 0.4) is 0 Å². The summed E-state index contributed by atoms with van der Waals surface area (Å²) in [5, 5.41) is 9.32. The molecule has 0 atom stereocenters. The number of nitrogens with zero attached hydrogens (tertiary/aromatic N) is 4. The van der Waals surface area contributed by atoms with Gasteiger partial charge in [-0.05, 0) is 31.5 Å². The lowest BCUT2D eigenvalue weighted by Crippen LogP contribution is -2.11. The standard InChI is InChI=1S/C18H15N5O2S2/c1-10-14-16(25)20-13(21-17(14)27-15(10)11(2)24)8-26-18-22-19-9-23(18)12-6-4-3-5-7-12/h3-7,9H,8H2,1-2H3,(H,20,21,25). The first-order valence-electron chi connectivity index (χ1n) is 8.16. The highest BCUT2D eigenvalue weighted by molar-refractivity contribution is 7.98. The van der Waals surface area contributed by atoms with Crippen molar-refractivity contribution in [3.8, 4) is 5.69 Å². The van der Waals surface area contributed by atoms with E-state index in [4.69, 9.17) is 0 Å². The van der Waals surface area contributed by atoms with Crippen LogP contribution in [0.4, 0.5) is 0 Å². The lowest BCUT2D eigenvalue weighted by atomic mass is 10.2. The topological polar surface area (TPSA) is 93.5 Å². The maximum Gasteiger partial charge on any atom is 0.259 e. The Kier molecular flexibility index (Phi) is 4.63. The van der Waals surface area contributed by atoms with Crippen LogP contribution in [0.1, 0.15) is 28.0 Å². The molecule has 136 valence electrons. The van der Waals surface area contributed by atoms with Crippen molar-refractivity contribution in [2.24, 2.45) is 0 Å².